The highest BCUT2D eigenvalue weighted by Crippen LogP contribution is 2.37. The summed E-state index contributed by atoms with van der Waals surface area (Å²) < 4.78 is 16.1. The molecule has 0 unspecified atom stereocenters. The van der Waals surface area contributed by atoms with Gasteiger partial charge in [0, 0.05) is 34.7 Å². The van der Waals surface area contributed by atoms with Gasteiger partial charge in [0.25, 0.3) is 11.6 Å². The van der Waals surface area contributed by atoms with Gasteiger partial charge in [-0.05, 0) is 48.9 Å². The Bertz CT molecular complexity index is 1590. The number of nitro benzene ring substituents is 1. The number of ether oxygens (including phenoxy) is 2. The first-order valence-electron chi connectivity index (χ1n) is 11.6. The number of esters is 1. The molecule has 1 amide bonds. The number of anilines is 1. The molecule has 0 saturated carbocycles. The van der Waals surface area contributed by atoms with Gasteiger partial charge in [0.05, 0.1) is 18.6 Å². The van der Waals surface area contributed by atoms with E-state index < -0.39 is 16.8 Å². The van der Waals surface area contributed by atoms with Crippen LogP contribution in [0, 0.1) is 21.4 Å². The van der Waals surface area contributed by atoms with E-state index in [9.17, 15) is 25.0 Å². The Morgan fingerprint density at radius 2 is 1.79 bits per heavy atom. The van der Waals surface area contributed by atoms with Crippen molar-refractivity contribution in [2.75, 3.05) is 19.0 Å². The first kappa shape index (κ1) is 26.8. The number of amides is 1. The molecule has 4 aromatic rings. The van der Waals surface area contributed by atoms with Crippen molar-refractivity contribution in [3.05, 3.63) is 93.1 Å². The van der Waals surface area contributed by atoms with Gasteiger partial charge in [-0.3, -0.25) is 14.9 Å². The minimum atomic E-state index is -0.737. The average molecular weight is 544 g/mol. The lowest BCUT2D eigenvalue weighted by atomic mass is 10.0. The quantitative estimate of drug-likeness (QED) is 0.0849. The molecule has 10 nitrogen and oxygen atoms in total. The van der Waals surface area contributed by atoms with Crippen LogP contribution >= 0.6 is 11.3 Å². The van der Waals surface area contributed by atoms with Gasteiger partial charge in [0.2, 0.25) is 0 Å². The van der Waals surface area contributed by atoms with Gasteiger partial charge >= 0.3 is 5.97 Å². The number of benzene rings is 2. The predicted octanol–water partition coefficient (Wildman–Crippen LogP) is 6.31. The zero-order valence-electron chi connectivity index (χ0n) is 20.8. The molecule has 0 bridgehead atoms. The lowest BCUT2D eigenvalue weighted by Gasteiger charge is -2.09. The summed E-state index contributed by atoms with van der Waals surface area (Å²) in [5, 5.41) is 25.1. The SMILES string of the molecule is CCOC(=O)c1c(-c2ccc(OC)cc2)csc1NC(=O)/C(C#N)=C\c1ccc(-c2ccc([N+](=O)[O-])cc2)o1. The standard InChI is InChI=1S/C28H21N3O7S/c1-3-37-28(33)25-23(17-6-10-21(36-2)11-7-17)16-39-27(25)30-26(32)19(15-29)14-22-12-13-24(38-22)18-4-8-20(9-5-18)31(34)35/h4-14,16H,3H2,1-2H3,(H,30,32)/b19-14-. The fraction of sp³-hybridized carbons (Fsp3) is 0.107. The zero-order valence-corrected chi connectivity index (χ0v) is 21.6. The number of nitriles is 1. The lowest BCUT2D eigenvalue weighted by Crippen LogP contribution is -2.16. The molecular weight excluding hydrogens is 522 g/mol. The van der Waals surface area contributed by atoms with Crippen molar-refractivity contribution in [2.24, 2.45) is 0 Å². The second-order valence-electron chi connectivity index (χ2n) is 7.93. The molecule has 2 aromatic carbocycles. The summed E-state index contributed by atoms with van der Waals surface area (Å²) in [5.41, 5.74) is 1.75. The number of nitro groups is 1. The summed E-state index contributed by atoms with van der Waals surface area (Å²) in [6.07, 6.45) is 1.27. The van der Waals surface area contributed by atoms with Gasteiger partial charge in [0.15, 0.2) is 0 Å². The summed E-state index contributed by atoms with van der Waals surface area (Å²) in [6, 6.07) is 17.9. The highest BCUT2D eigenvalue weighted by Gasteiger charge is 2.24. The molecule has 2 heterocycles. The molecule has 11 heteroatoms. The first-order valence-corrected chi connectivity index (χ1v) is 12.4. The van der Waals surface area contributed by atoms with E-state index in [1.54, 1.807) is 55.8 Å². The van der Waals surface area contributed by atoms with Crippen LogP contribution in [0.1, 0.15) is 23.0 Å². The number of carbonyl (C=O) groups excluding carboxylic acids is 2. The van der Waals surface area contributed by atoms with Crippen LogP contribution in [0.15, 0.2) is 76.0 Å². The van der Waals surface area contributed by atoms with Gasteiger partial charge in [-0.1, -0.05) is 12.1 Å². The van der Waals surface area contributed by atoms with E-state index in [1.807, 2.05) is 6.07 Å². The number of hydrogen-bond acceptors (Lipinski definition) is 9. The van der Waals surface area contributed by atoms with Crippen molar-refractivity contribution in [3.63, 3.8) is 0 Å². The fourth-order valence-corrected chi connectivity index (χ4v) is 4.59. The number of nitrogens with one attached hydrogen (secondary N) is 1. The van der Waals surface area contributed by atoms with E-state index in [-0.39, 0.29) is 34.2 Å². The molecule has 1 N–H and O–H groups in total. The zero-order chi connectivity index (χ0) is 27.9. The van der Waals surface area contributed by atoms with Crippen molar-refractivity contribution >= 4 is 40.0 Å². The smallest absolute Gasteiger partial charge is 0.341 e. The monoisotopic (exact) mass is 543 g/mol. The van der Waals surface area contributed by atoms with Gasteiger partial charge in [-0.15, -0.1) is 11.3 Å². The van der Waals surface area contributed by atoms with Crippen LogP contribution in [-0.2, 0) is 9.53 Å². The van der Waals surface area contributed by atoms with Crippen molar-refractivity contribution in [1.29, 1.82) is 5.26 Å². The minimum absolute atomic E-state index is 0.0558. The fourth-order valence-electron chi connectivity index (χ4n) is 3.63. The Labute approximate surface area is 226 Å². The molecule has 0 radical (unpaired) electrons. The van der Waals surface area contributed by atoms with Crippen molar-refractivity contribution in [1.82, 2.24) is 0 Å². The second kappa shape index (κ2) is 11.9. The molecule has 0 atom stereocenters. The lowest BCUT2D eigenvalue weighted by molar-refractivity contribution is -0.384. The molecule has 0 aliphatic heterocycles. The molecule has 0 spiro atoms. The summed E-state index contributed by atoms with van der Waals surface area (Å²) in [4.78, 5) is 36.2. The van der Waals surface area contributed by atoms with Crippen molar-refractivity contribution in [3.8, 4) is 34.3 Å². The molecule has 0 aliphatic carbocycles. The average Bonchev–Trinajstić information content (AvgIpc) is 3.59. The largest absolute Gasteiger partial charge is 0.497 e. The maximum atomic E-state index is 13.0. The van der Waals surface area contributed by atoms with E-state index in [4.69, 9.17) is 13.9 Å². The van der Waals surface area contributed by atoms with Gasteiger partial charge in [-0.2, -0.15) is 5.26 Å². The third-order valence-electron chi connectivity index (χ3n) is 5.54. The molecule has 0 saturated heterocycles. The van der Waals surface area contributed by atoms with Crippen LogP contribution in [0.2, 0.25) is 0 Å². The summed E-state index contributed by atoms with van der Waals surface area (Å²) in [5.74, 6) is -0.0640. The molecule has 2 aromatic heterocycles. The van der Waals surface area contributed by atoms with Gasteiger partial charge in [0.1, 0.15) is 39.5 Å². The Balaban J connectivity index is 1.59. The molecular formula is C28H21N3O7S. The third-order valence-corrected chi connectivity index (χ3v) is 6.44. The van der Waals surface area contributed by atoms with E-state index in [0.717, 1.165) is 16.9 Å². The number of thiophene rings is 1. The number of non-ortho nitro benzene ring substituents is 1. The Kier molecular flexibility index (Phi) is 8.18. The van der Waals surface area contributed by atoms with E-state index in [1.165, 1.54) is 30.3 Å². The van der Waals surface area contributed by atoms with Crippen LogP contribution in [0.25, 0.3) is 28.5 Å². The maximum Gasteiger partial charge on any atom is 0.341 e. The Morgan fingerprint density at radius 3 is 2.41 bits per heavy atom. The number of methoxy groups -OCH3 is 1. The minimum Gasteiger partial charge on any atom is -0.497 e. The molecule has 0 aliphatic rings. The maximum absolute atomic E-state index is 13.0. The van der Waals surface area contributed by atoms with Crippen molar-refractivity contribution < 1.29 is 28.4 Å². The van der Waals surface area contributed by atoms with E-state index in [2.05, 4.69) is 5.32 Å². The summed E-state index contributed by atoms with van der Waals surface area (Å²) in [7, 11) is 1.55. The topological polar surface area (TPSA) is 145 Å². The number of hydrogen-bond donors (Lipinski definition) is 1. The van der Waals surface area contributed by atoms with Gasteiger partial charge in [-0.25, -0.2) is 4.79 Å². The second-order valence-corrected chi connectivity index (χ2v) is 8.81. The first-order chi connectivity index (χ1) is 18.8. The molecule has 0 fully saturated rings. The highest BCUT2D eigenvalue weighted by atomic mass is 32.1. The van der Waals surface area contributed by atoms with Crippen LogP contribution in [0.4, 0.5) is 10.7 Å². The van der Waals surface area contributed by atoms with Crippen LogP contribution in [0.3, 0.4) is 0 Å². The van der Waals surface area contributed by atoms with Crippen LogP contribution in [0.5, 0.6) is 5.75 Å². The highest BCUT2D eigenvalue weighted by molar-refractivity contribution is 7.15. The van der Waals surface area contributed by atoms with Crippen LogP contribution in [-0.4, -0.2) is 30.5 Å². The van der Waals surface area contributed by atoms with Crippen molar-refractivity contribution in [2.45, 2.75) is 6.92 Å². The third kappa shape index (κ3) is 6.03. The number of furan rings is 1. The predicted molar refractivity (Wildman–Crippen MR) is 145 cm³/mol. The number of nitrogens with zero attached hydrogens (tertiary/aromatic N) is 2. The Hall–Kier alpha value is -5.21. The number of rotatable bonds is 9. The number of carbonyl (C=O) groups is 2. The molecule has 4 rings (SSSR count). The molecule has 196 valence electrons. The Morgan fingerprint density at radius 1 is 1.10 bits per heavy atom. The summed E-state index contributed by atoms with van der Waals surface area (Å²) >= 11 is 1.13. The summed E-state index contributed by atoms with van der Waals surface area (Å²) in [6.45, 7) is 1.82. The van der Waals surface area contributed by atoms with E-state index in [0.29, 0.717) is 22.6 Å². The van der Waals surface area contributed by atoms with Crippen LogP contribution < -0.4 is 10.1 Å². The van der Waals surface area contributed by atoms with E-state index >= 15 is 0 Å². The van der Waals surface area contributed by atoms with Gasteiger partial charge < -0.3 is 19.2 Å². The molecule has 39 heavy (non-hydrogen) atoms. The normalized spacial score (nSPS) is 10.9.